The number of carbonyl (C=O) groups excluding carboxylic acids is 2. The lowest BCUT2D eigenvalue weighted by atomic mass is 10.1. The van der Waals surface area contributed by atoms with Gasteiger partial charge in [0.25, 0.3) is 5.91 Å². The molecule has 0 radical (unpaired) electrons. The molecule has 1 aliphatic heterocycles. The first kappa shape index (κ1) is 23.3. The number of ether oxygens (including phenoxy) is 2. The van der Waals surface area contributed by atoms with Crippen molar-refractivity contribution in [2.75, 3.05) is 46.5 Å². The predicted octanol–water partition coefficient (Wildman–Crippen LogP) is 3.44. The molecule has 2 aromatic rings. The number of nitrogens with zero attached hydrogens (tertiary/aromatic N) is 2. The lowest BCUT2D eigenvalue weighted by molar-refractivity contribution is 0.0387. The van der Waals surface area contributed by atoms with E-state index in [1.807, 2.05) is 29.2 Å². The van der Waals surface area contributed by atoms with Crippen molar-refractivity contribution in [3.63, 3.8) is 0 Å². The summed E-state index contributed by atoms with van der Waals surface area (Å²) in [5.74, 6) is -0.516. The molecule has 1 fully saturated rings. The van der Waals surface area contributed by atoms with E-state index in [2.05, 4.69) is 9.88 Å². The largest absolute Gasteiger partial charge is 0.460 e. The summed E-state index contributed by atoms with van der Waals surface area (Å²) < 4.78 is 10.2. The Morgan fingerprint density at radius 2 is 1.81 bits per heavy atom. The first-order valence-electron chi connectivity index (χ1n) is 10.5. The summed E-state index contributed by atoms with van der Waals surface area (Å²) in [5.41, 5.74) is 3.37. The molecule has 1 saturated heterocycles. The minimum atomic E-state index is -0.438. The standard InChI is InChI=1S/C23H30ClN3O4/c1-16-20(23(29)31-14-13-30-3)17(2)25-21(16)22(28)27-10-4-9-26(11-12-27)15-18-5-7-19(24)8-6-18/h5-8,25H,4,9-15H2,1-3H3. The van der Waals surface area contributed by atoms with Crippen LogP contribution in [-0.2, 0) is 16.0 Å². The molecule has 1 N–H and O–H groups in total. The highest BCUT2D eigenvalue weighted by Gasteiger charge is 2.27. The molecule has 1 aromatic carbocycles. The molecule has 3 rings (SSSR count). The molecular weight excluding hydrogens is 418 g/mol. The van der Waals surface area contributed by atoms with Gasteiger partial charge in [-0.25, -0.2) is 4.79 Å². The third kappa shape index (κ3) is 5.87. The highest BCUT2D eigenvalue weighted by atomic mass is 35.5. The Morgan fingerprint density at radius 3 is 2.52 bits per heavy atom. The van der Waals surface area contributed by atoms with Gasteiger partial charge in [0.15, 0.2) is 0 Å². The number of rotatable bonds is 7. The Labute approximate surface area is 188 Å². The molecule has 1 aromatic heterocycles. The molecule has 0 aliphatic carbocycles. The number of carbonyl (C=O) groups is 2. The topological polar surface area (TPSA) is 74.9 Å². The van der Waals surface area contributed by atoms with Crippen LogP contribution in [0, 0.1) is 13.8 Å². The summed E-state index contributed by atoms with van der Waals surface area (Å²) in [4.78, 5) is 33.0. The smallest absolute Gasteiger partial charge is 0.340 e. The Balaban J connectivity index is 1.64. The fraction of sp³-hybridized carbons (Fsp3) is 0.478. The van der Waals surface area contributed by atoms with E-state index in [0.717, 1.165) is 31.1 Å². The van der Waals surface area contributed by atoms with Crippen LogP contribution in [-0.4, -0.2) is 73.2 Å². The number of methoxy groups -OCH3 is 1. The van der Waals surface area contributed by atoms with E-state index >= 15 is 0 Å². The van der Waals surface area contributed by atoms with Gasteiger partial charge in [-0.2, -0.15) is 0 Å². The first-order chi connectivity index (χ1) is 14.9. The molecular formula is C23H30ClN3O4. The van der Waals surface area contributed by atoms with Crippen molar-refractivity contribution in [2.24, 2.45) is 0 Å². The van der Waals surface area contributed by atoms with E-state index in [9.17, 15) is 9.59 Å². The average Bonchev–Trinajstić information content (AvgIpc) is 2.90. The summed E-state index contributed by atoms with van der Waals surface area (Å²) >= 11 is 5.97. The SMILES string of the molecule is COCCOC(=O)c1c(C)[nH]c(C(=O)N2CCCN(Cc3ccc(Cl)cc3)CC2)c1C. The molecule has 0 atom stereocenters. The van der Waals surface area contributed by atoms with Crippen LogP contribution in [0.15, 0.2) is 24.3 Å². The van der Waals surface area contributed by atoms with E-state index in [1.54, 1.807) is 21.0 Å². The number of benzene rings is 1. The minimum Gasteiger partial charge on any atom is -0.460 e. The number of hydrogen-bond donors (Lipinski definition) is 1. The van der Waals surface area contributed by atoms with Crippen molar-refractivity contribution < 1.29 is 19.1 Å². The summed E-state index contributed by atoms with van der Waals surface area (Å²) in [6.45, 7) is 7.95. The van der Waals surface area contributed by atoms with E-state index in [0.29, 0.717) is 42.2 Å². The maximum Gasteiger partial charge on any atom is 0.340 e. The van der Waals surface area contributed by atoms with Gasteiger partial charge in [0, 0.05) is 50.6 Å². The van der Waals surface area contributed by atoms with Gasteiger partial charge in [-0.1, -0.05) is 23.7 Å². The second kappa shape index (κ2) is 10.8. The molecule has 8 heteroatoms. The third-order valence-electron chi connectivity index (χ3n) is 5.57. The molecule has 1 aliphatic rings. The first-order valence-corrected chi connectivity index (χ1v) is 10.9. The van der Waals surface area contributed by atoms with E-state index in [4.69, 9.17) is 21.1 Å². The molecule has 1 amide bonds. The summed E-state index contributed by atoms with van der Waals surface area (Å²) in [6, 6.07) is 7.88. The number of halogens is 1. The van der Waals surface area contributed by atoms with Crippen LogP contribution in [0.4, 0.5) is 0 Å². The van der Waals surface area contributed by atoms with E-state index in [-0.39, 0.29) is 12.5 Å². The highest BCUT2D eigenvalue weighted by Crippen LogP contribution is 2.21. The van der Waals surface area contributed by atoms with Crippen LogP contribution >= 0.6 is 11.6 Å². The van der Waals surface area contributed by atoms with Crippen molar-refractivity contribution in [2.45, 2.75) is 26.8 Å². The molecule has 0 spiro atoms. The summed E-state index contributed by atoms with van der Waals surface area (Å²) in [6.07, 6.45) is 0.893. The van der Waals surface area contributed by atoms with Crippen LogP contribution in [0.25, 0.3) is 0 Å². The maximum atomic E-state index is 13.2. The van der Waals surface area contributed by atoms with E-state index < -0.39 is 5.97 Å². The Bertz CT molecular complexity index is 910. The number of esters is 1. The van der Waals surface area contributed by atoms with Gasteiger partial charge >= 0.3 is 5.97 Å². The maximum absolute atomic E-state index is 13.2. The fourth-order valence-corrected chi connectivity index (χ4v) is 4.02. The molecule has 0 saturated carbocycles. The van der Waals surface area contributed by atoms with Crippen LogP contribution in [0.5, 0.6) is 0 Å². The van der Waals surface area contributed by atoms with Crippen LogP contribution in [0.2, 0.25) is 5.02 Å². The van der Waals surface area contributed by atoms with Gasteiger partial charge in [-0.05, 0) is 43.5 Å². The van der Waals surface area contributed by atoms with Crippen molar-refractivity contribution in [1.82, 2.24) is 14.8 Å². The second-order valence-corrected chi connectivity index (χ2v) is 8.24. The lowest BCUT2D eigenvalue weighted by Crippen LogP contribution is -2.35. The zero-order chi connectivity index (χ0) is 22.4. The fourth-order valence-electron chi connectivity index (χ4n) is 3.90. The Hall–Kier alpha value is -2.35. The van der Waals surface area contributed by atoms with Gasteiger partial charge in [0.2, 0.25) is 0 Å². The number of H-pyrrole nitrogens is 1. The van der Waals surface area contributed by atoms with Gasteiger partial charge in [0.05, 0.1) is 12.2 Å². The molecule has 168 valence electrons. The number of aromatic amines is 1. The lowest BCUT2D eigenvalue weighted by Gasteiger charge is -2.22. The molecule has 7 nitrogen and oxygen atoms in total. The van der Waals surface area contributed by atoms with Crippen LogP contribution < -0.4 is 0 Å². The molecule has 2 heterocycles. The van der Waals surface area contributed by atoms with Crippen molar-refractivity contribution in [3.8, 4) is 0 Å². The molecule has 31 heavy (non-hydrogen) atoms. The molecule has 0 bridgehead atoms. The number of hydrogen-bond acceptors (Lipinski definition) is 5. The monoisotopic (exact) mass is 447 g/mol. The number of aryl methyl sites for hydroxylation is 1. The van der Waals surface area contributed by atoms with E-state index in [1.165, 1.54) is 5.56 Å². The summed E-state index contributed by atoms with van der Waals surface area (Å²) in [5, 5.41) is 0.731. The molecule has 0 unspecified atom stereocenters. The Kier molecular flexibility index (Phi) is 8.12. The highest BCUT2D eigenvalue weighted by molar-refractivity contribution is 6.30. The zero-order valence-electron chi connectivity index (χ0n) is 18.4. The minimum absolute atomic E-state index is 0.0788. The normalized spacial score (nSPS) is 15.0. The van der Waals surface area contributed by atoms with Crippen molar-refractivity contribution >= 4 is 23.5 Å². The zero-order valence-corrected chi connectivity index (χ0v) is 19.1. The van der Waals surface area contributed by atoms with Gasteiger partial charge in [-0.3, -0.25) is 9.69 Å². The van der Waals surface area contributed by atoms with Gasteiger partial charge < -0.3 is 19.4 Å². The quantitative estimate of drug-likeness (QED) is 0.520. The Morgan fingerprint density at radius 1 is 1.06 bits per heavy atom. The number of amides is 1. The van der Waals surface area contributed by atoms with Crippen LogP contribution in [0.3, 0.4) is 0 Å². The van der Waals surface area contributed by atoms with Crippen LogP contribution in [0.1, 0.15) is 44.1 Å². The predicted molar refractivity (Wildman–Crippen MR) is 120 cm³/mol. The van der Waals surface area contributed by atoms with Crippen molar-refractivity contribution in [3.05, 3.63) is 57.4 Å². The number of aromatic nitrogens is 1. The number of nitrogens with one attached hydrogen (secondary N) is 1. The average molecular weight is 448 g/mol. The van der Waals surface area contributed by atoms with Gasteiger partial charge in [-0.15, -0.1) is 0 Å². The second-order valence-electron chi connectivity index (χ2n) is 7.80. The summed E-state index contributed by atoms with van der Waals surface area (Å²) in [7, 11) is 1.55. The van der Waals surface area contributed by atoms with Crippen molar-refractivity contribution in [1.29, 1.82) is 0 Å². The van der Waals surface area contributed by atoms with Gasteiger partial charge in [0.1, 0.15) is 12.3 Å². The third-order valence-corrected chi connectivity index (χ3v) is 5.82.